The fraction of sp³-hybridized carbons (Fsp3) is 0.333. The van der Waals surface area contributed by atoms with Gasteiger partial charge in [0.05, 0.1) is 13.5 Å². The lowest BCUT2D eigenvalue weighted by Crippen LogP contribution is -2.36. The van der Waals surface area contributed by atoms with Crippen molar-refractivity contribution in [1.29, 1.82) is 0 Å². The topological polar surface area (TPSA) is 49.9 Å². The van der Waals surface area contributed by atoms with Gasteiger partial charge in [-0.15, -0.1) is 0 Å². The first-order valence-corrected chi connectivity index (χ1v) is 9.47. The normalized spacial score (nSPS) is 14.8. The number of carbonyl (C=O) groups excluding carboxylic acids is 2. The van der Waals surface area contributed by atoms with E-state index in [2.05, 4.69) is 0 Å². The number of methoxy groups -OCH3 is 1. The van der Waals surface area contributed by atoms with Gasteiger partial charge in [0, 0.05) is 43.2 Å². The Morgan fingerprint density at radius 3 is 2.57 bits per heavy atom. The van der Waals surface area contributed by atoms with Crippen LogP contribution in [-0.2, 0) is 22.6 Å². The third-order valence-corrected chi connectivity index (χ3v) is 5.22. The molecule has 0 saturated carbocycles. The average Bonchev–Trinajstić information content (AvgIpc) is 2.87. The molecule has 0 atom stereocenters. The molecule has 0 bridgehead atoms. The summed E-state index contributed by atoms with van der Waals surface area (Å²) in [6.45, 7) is 1.64. The smallest absolute Gasteiger partial charge is 0.227 e. The Labute approximate surface area is 168 Å². The van der Waals surface area contributed by atoms with Crippen LogP contribution in [0.15, 0.2) is 42.5 Å². The highest BCUT2D eigenvalue weighted by Crippen LogP contribution is 2.21. The van der Waals surface area contributed by atoms with Crippen molar-refractivity contribution in [1.82, 2.24) is 9.80 Å². The van der Waals surface area contributed by atoms with Gasteiger partial charge in [-0.1, -0.05) is 29.8 Å². The van der Waals surface area contributed by atoms with Crippen LogP contribution in [-0.4, -0.2) is 48.4 Å². The summed E-state index contributed by atoms with van der Waals surface area (Å²) >= 11 is 6.02. The summed E-state index contributed by atoms with van der Waals surface area (Å²) in [5, 5.41) is 0.236. The lowest BCUT2D eigenvalue weighted by molar-refractivity contribution is -0.130. The van der Waals surface area contributed by atoms with Crippen LogP contribution in [0.5, 0.6) is 5.75 Å². The highest BCUT2D eigenvalue weighted by molar-refractivity contribution is 6.31. The number of halogens is 2. The van der Waals surface area contributed by atoms with E-state index < -0.39 is 5.82 Å². The van der Waals surface area contributed by atoms with Crippen molar-refractivity contribution in [2.45, 2.75) is 19.4 Å². The molecule has 28 heavy (non-hydrogen) atoms. The highest BCUT2D eigenvalue weighted by atomic mass is 35.5. The molecule has 2 amide bonds. The Balaban J connectivity index is 1.62. The predicted octanol–water partition coefficient (Wildman–Crippen LogP) is 3.29. The molecule has 148 valence electrons. The Morgan fingerprint density at radius 2 is 1.89 bits per heavy atom. The number of carbonyl (C=O) groups is 2. The molecule has 7 heteroatoms. The van der Waals surface area contributed by atoms with Gasteiger partial charge in [0.25, 0.3) is 0 Å². The fourth-order valence-electron chi connectivity index (χ4n) is 3.20. The first-order valence-electron chi connectivity index (χ1n) is 9.09. The van der Waals surface area contributed by atoms with E-state index in [4.69, 9.17) is 16.3 Å². The summed E-state index contributed by atoms with van der Waals surface area (Å²) in [5.74, 6) is 0.0311. The second kappa shape index (κ2) is 9.06. The van der Waals surface area contributed by atoms with Crippen molar-refractivity contribution in [3.05, 3.63) is 64.4 Å². The van der Waals surface area contributed by atoms with Gasteiger partial charge in [0.1, 0.15) is 11.6 Å². The molecule has 1 aliphatic heterocycles. The summed E-state index contributed by atoms with van der Waals surface area (Å²) in [5.41, 5.74) is 1.19. The molecule has 1 fully saturated rings. The number of benzene rings is 2. The van der Waals surface area contributed by atoms with Crippen LogP contribution in [0.25, 0.3) is 0 Å². The summed E-state index contributed by atoms with van der Waals surface area (Å²) in [6, 6.07) is 11.9. The molecular weight excluding hydrogens is 383 g/mol. The van der Waals surface area contributed by atoms with E-state index in [1.165, 1.54) is 12.1 Å². The Hall–Kier alpha value is -2.60. The lowest BCUT2D eigenvalue weighted by atomic mass is 10.1. The Kier molecular flexibility index (Phi) is 6.52. The van der Waals surface area contributed by atoms with Crippen LogP contribution in [0.2, 0.25) is 5.02 Å². The molecule has 0 unspecified atom stereocenters. The predicted molar refractivity (Wildman–Crippen MR) is 105 cm³/mol. The van der Waals surface area contributed by atoms with E-state index >= 15 is 0 Å². The second-order valence-corrected chi connectivity index (χ2v) is 7.08. The molecule has 3 rings (SSSR count). The van der Waals surface area contributed by atoms with Crippen molar-refractivity contribution in [2.24, 2.45) is 0 Å². The molecule has 2 aromatic carbocycles. The zero-order chi connectivity index (χ0) is 20.1. The Bertz CT molecular complexity index is 837. The molecule has 1 saturated heterocycles. The number of hydrogen-bond acceptors (Lipinski definition) is 3. The molecule has 1 heterocycles. The van der Waals surface area contributed by atoms with Crippen LogP contribution in [0.1, 0.15) is 17.5 Å². The van der Waals surface area contributed by atoms with Gasteiger partial charge in [0.2, 0.25) is 11.8 Å². The summed E-state index contributed by atoms with van der Waals surface area (Å²) in [6.07, 6.45) is 0.130. The third-order valence-electron chi connectivity index (χ3n) is 4.86. The number of nitrogens with zero attached hydrogens (tertiary/aromatic N) is 2. The maximum atomic E-state index is 14.0. The van der Waals surface area contributed by atoms with Crippen molar-refractivity contribution < 1.29 is 18.7 Å². The van der Waals surface area contributed by atoms with E-state index in [1.807, 2.05) is 24.3 Å². The number of ether oxygens (including phenoxy) is 1. The average molecular weight is 405 g/mol. The van der Waals surface area contributed by atoms with E-state index in [0.29, 0.717) is 26.2 Å². The van der Waals surface area contributed by atoms with E-state index in [9.17, 15) is 14.0 Å². The van der Waals surface area contributed by atoms with Crippen LogP contribution >= 0.6 is 11.6 Å². The van der Waals surface area contributed by atoms with Gasteiger partial charge in [-0.3, -0.25) is 9.59 Å². The minimum atomic E-state index is -0.493. The SMILES string of the molecule is COc1ccc(CN2CCN(C(=O)Cc3c(F)cccc3Cl)CCC2=O)cc1. The lowest BCUT2D eigenvalue weighted by Gasteiger charge is -2.22. The molecule has 0 radical (unpaired) electrons. The molecule has 0 aliphatic carbocycles. The fourth-order valence-corrected chi connectivity index (χ4v) is 3.43. The highest BCUT2D eigenvalue weighted by Gasteiger charge is 2.25. The quantitative estimate of drug-likeness (QED) is 0.768. The summed E-state index contributed by atoms with van der Waals surface area (Å²) in [4.78, 5) is 28.4. The first kappa shape index (κ1) is 20.1. The van der Waals surface area contributed by atoms with Crippen molar-refractivity contribution in [2.75, 3.05) is 26.7 Å². The molecule has 0 aromatic heterocycles. The first-order chi connectivity index (χ1) is 13.5. The third kappa shape index (κ3) is 4.81. The minimum absolute atomic E-state index is 0.00459. The molecule has 5 nitrogen and oxygen atoms in total. The van der Waals surface area contributed by atoms with Gasteiger partial charge >= 0.3 is 0 Å². The van der Waals surface area contributed by atoms with Crippen molar-refractivity contribution in [3.63, 3.8) is 0 Å². The second-order valence-electron chi connectivity index (χ2n) is 6.67. The van der Waals surface area contributed by atoms with E-state index in [0.717, 1.165) is 11.3 Å². The van der Waals surface area contributed by atoms with Crippen molar-refractivity contribution in [3.8, 4) is 5.75 Å². The van der Waals surface area contributed by atoms with Gasteiger partial charge in [-0.25, -0.2) is 4.39 Å². The van der Waals surface area contributed by atoms with E-state index in [1.54, 1.807) is 23.0 Å². The van der Waals surface area contributed by atoms with Crippen LogP contribution < -0.4 is 4.74 Å². The summed E-state index contributed by atoms with van der Waals surface area (Å²) in [7, 11) is 1.60. The van der Waals surface area contributed by atoms with Gasteiger partial charge in [-0.2, -0.15) is 0 Å². The number of amides is 2. The van der Waals surface area contributed by atoms with Gasteiger partial charge < -0.3 is 14.5 Å². The largest absolute Gasteiger partial charge is 0.497 e. The number of hydrogen-bond donors (Lipinski definition) is 0. The molecule has 2 aromatic rings. The van der Waals surface area contributed by atoms with E-state index in [-0.39, 0.29) is 35.2 Å². The maximum Gasteiger partial charge on any atom is 0.227 e. The summed E-state index contributed by atoms with van der Waals surface area (Å²) < 4.78 is 19.1. The number of rotatable bonds is 5. The molecule has 0 N–H and O–H groups in total. The molecule has 1 aliphatic rings. The zero-order valence-electron chi connectivity index (χ0n) is 15.7. The standard InChI is InChI=1S/C21H22ClFN2O3/c1-28-16-7-5-15(6-8-16)14-25-12-11-24(10-9-20(25)26)21(27)13-17-18(22)3-2-4-19(17)23/h2-8H,9-14H2,1H3. The molecule has 0 spiro atoms. The van der Waals surface area contributed by atoms with Crippen LogP contribution in [0.4, 0.5) is 4.39 Å². The Morgan fingerprint density at radius 1 is 1.14 bits per heavy atom. The van der Waals surface area contributed by atoms with Crippen LogP contribution in [0.3, 0.4) is 0 Å². The van der Waals surface area contributed by atoms with Crippen LogP contribution in [0, 0.1) is 5.82 Å². The minimum Gasteiger partial charge on any atom is -0.497 e. The zero-order valence-corrected chi connectivity index (χ0v) is 16.4. The molecular formula is C21H22ClFN2O3. The monoisotopic (exact) mass is 404 g/mol. The van der Waals surface area contributed by atoms with Gasteiger partial charge in [0.15, 0.2) is 0 Å². The van der Waals surface area contributed by atoms with Gasteiger partial charge in [-0.05, 0) is 29.8 Å². The van der Waals surface area contributed by atoms with Crippen molar-refractivity contribution >= 4 is 23.4 Å². The maximum absolute atomic E-state index is 14.0.